The van der Waals surface area contributed by atoms with E-state index in [9.17, 15) is 22.0 Å². The summed E-state index contributed by atoms with van der Waals surface area (Å²) >= 11 is 0. The molecule has 0 aliphatic heterocycles. The lowest BCUT2D eigenvalue weighted by atomic mass is 10.1. The Balaban J connectivity index is 2.00. The van der Waals surface area contributed by atoms with E-state index in [1.54, 1.807) is 50.5 Å². The number of benzene rings is 2. The summed E-state index contributed by atoms with van der Waals surface area (Å²) in [6.07, 6.45) is 2.68. The number of rotatable bonds is 7. The minimum atomic E-state index is -3.56. The van der Waals surface area contributed by atoms with Crippen LogP contribution in [-0.2, 0) is 23.5 Å². The zero-order valence-corrected chi connectivity index (χ0v) is 17.9. The number of pyridine rings is 1. The highest BCUT2D eigenvalue weighted by molar-refractivity contribution is 7.90. The van der Waals surface area contributed by atoms with Crippen LogP contribution in [0.15, 0.2) is 64.4 Å². The smallest absolute Gasteiger partial charge is 0.387 e. The first kappa shape index (κ1) is 22.5. The van der Waals surface area contributed by atoms with Crippen molar-refractivity contribution < 1.29 is 26.7 Å². The maximum atomic E-state index is 12.6. The van der Waals surface area contributed by atoms with Gasteiger partial charge < -0.3 is 14.0 Å². The second kappa shape index (κ2) is 8.89. The maximum absolute atomic E-state index is 12.6. The van der Waals surface area contributed by atoms with Crippen LogP contribution >= 0.6 is 0 Å². The molecule has 9 heteroatoms. The first-order valence-corrected chi connectivity index (χ1v) is 11.1. The van der Waals surface area contributed by atoms with Crippen molar-refractivity contribution in [2.75, 3.05) is 6.26 Å². The molecule has 0 atom stereocenters. The van der Waals surface area contributed by atoms with E-state index in [-0.39, 0.29) is 28.6 Å². The summed E-state index contributed by atoms with van der Waals surface area (Å²) in [5.74, 6) is 0.210. The van der Waals surface area contributed by atoms with E-state index in [1.807, 2.05) is 0 Å². The van der Waals surface area contributed by atoms with Gasteiger partial charge in [0.25, 0.3) is 5.56 Å². The number of ether oxygens (including phenoxy) is 2. The van der Waals surface area contributed by atoms with Gasteiger partial charge in [0.15, 0.2) is 9.84 Å². The summed E-state index contributed by atoms with van der Waals surface area (Å²) in [6, 6.07) is 12.4. The molecule has 1 aromatic heterocycles. The Morgan fingerprint density at radius 3 is 2.42 bits per heavy atom. The minimum absolute atomic E-state index is 0.0225. The van der Waals surface area contributed by atoms with Crippen molar-refractivity contribution in [3.8, 4) is 22.6 Å². The fourth-order valence-corrected chi connectivity index (χ4v) is 3.74. The lowest BCUT2D eigenvalue weighted by Gasteiger charge is -2.14. The van der Waals surface area contributed by atoms with Crippen molar-refractivity contribution in [2.45, 2.75) is 25.0 Å². The van der Waals surface area contributed by atoms with Crippen molar-refractivity contribution >= 4 is 9.84 Å². The fourth-order valence-electron chi connectivity index (χ4n) is 3.07. The molecule has 3 aromatic rings. The third-order valence-electron chi connectivity index (χ3n) is 4.59. The van der Waals surface area contributed by atoms with Crippen molar-refractivity contribution in [3.05, 3.63) is 76.2 Å². The molecule has 1 heterocycles. The number of para-hydroxylation sites is 1. The molecule has 164 valence electrons. The molecule has 0 unspecified atom stereocenters. The van der Waals surface area contributed by atoms with Gasteiger partial charge in [-0.1, -0.05) is 18.2 Å². The van der Waals surface area contributed by atoms with E-state index in [1.165, 1.54) is 22.8 Å². The van der Waals surface area contributed by atoms with E-state index in [4.69, 9.17) is 4.74 Å². The first-order chi connectivity index (χ1) is 14.5. The van der Waals surface area contributed by atoms with Crippen LogP contribution in [-0.4, -0.2) is 25.9 Å². The predicted octanol–water partition coefficient (Wildman–Crippen LogP) is 3.94. The van der Waals surface area contributed by atoms with Crippen molar-refractivity contribution in [1.29, 1.82) is 0 Å². The van der Waals surface area contributed by atoms with Crippen LogP contribution in [0.1, 0.15) is 11.1 Å². The molecule has 0 saturated heterocycles. The van der Waals surface area contributed by atoms with Gasteiger partial charge in [-0.2, -0.15) is 8.78 Å². The molecule has 2 aromatic carbocycles. The van der Waals surface area contributed by atoms with Crippen molar-refractivity contribution in [3.63, 3.8) is 0 Å². The predicted molar refractivity (Wildman–Crippen MR) is 112 cm³/mol. The van der Waals surface area contributed by atoms with Gasteiger partial charge in [0.2, 0.25) is 0 Å². The lowest BCUT2D eigenvalue weighted by Crippen LogP contribution is -2.18. The fraction of sp³-hybridized carbons (Fsp3) is 0.227. The first-order valence-electron chi connectivity index (χ1n) is 9.23. The molecule has 0 aliphatic carbocycles. The van der Waals surface area contributed by atoms with E-state index >= 15 is 0 Å². The number of hydrogen-bond acceptors (Lipinski definition) is 5. The highest BCUT2D eigenvalue weighted by Crippen LogP contribution is 2.30. The number of aryl methyl sites for hydroxylation is 2. The lowest BCUT2D eigenvalue weighted by molar-refractivity contribution is -0.0508. The average Bonchev–Trinajstić information content (AvgIpc) is 2.69. The van der Waals surface area contributed by atoms with Crippen LogP contribution in [0.2, 0.25) is 0 Å². The van der Waals surface area contributed by atoms with Gasteiger partial charge in [-0.3, -0.25) is 4.79 Å². The highest BCUT2D eigenvalue weighted by Gasteiger charge is 2.15. The van der Waals surface area contributed by atoms with Crippen LogP contribution in [0.5, 0.6) is 11.5 Å². The zero-order valence-electron chi connectivity index (χ0n) is 17.1. The second-order valence-electron chi connectivity index (χ2n) is 7.07. The molecule has 0 fully saturated rings. The van der Waals surface area contributed by atoms with Gasteiger partial charge >= 0.3 is 6.61 Å². The molecule has 6 nitrogen and oxygen atoms in total. The molecule has 0 N–H and O–H groups in total. The SMILES string of the molecule is Cc1cc(-c2cc(OCc3ccccc3OC(F)F)cc(S(C)(=O)=O)c2)cn(C)c1=O. The van der Waals surface area contributed by atoms with Gasteiger partial charge in [0.1, 0.15) is 18.1 Å². The van der Waals surface area contributed by atoms with E-state index in [0.29, 0.717) is 22.3 Å². The Hall–Kier alpha value is -3.20. The minimum Gasteiger partial charge on any atom is -0.489 e. The summed E-state index contributed by atoms with van der Waals surface area (Å²) in [5, 5.41) is 0. The molecule has 0 aliphatic rings. The van der Waals surface area contributed by atoms with Gasteiger partial charge in [0, 0.05) is 30.6 Å². The number of alkyl halides is 2. The van der Waals surface area contributed by atoms with Crippen LogP contribution in [0.25, 0.3) is 11.1 Å². The largest absolute Gasteiger partial charge is 0.489 e. The maximum Gasteiger partial charge on any atom is 0.387 e. The van der Waals surface area contributed by atoms with Gasteiger partial charge in [-0.15, -0.1) is 0 Å². The number of hydrogen-bond donors (Lipinski definition) is 0. The normalized spacial score (nSPS) is 11.5. The molecular weight excluding hydrogens is 428 g/mol. The Morgan fingerprint density at radius 1 is 1.06 bits per heavy atom. The molecule has 0 bridgehead atoms. The van der Waals surface area contributed by atoms with E-state index in [0.717, 1.165) is 6.26 Å². The molecular formula is C22H21F2NO5S. The Labute approximate surface area is 178 Å². The molecule has 3 rings (SSSR count). The number of halogens is 2. The van der Waals surface area contributed by atoms with Crippen LogP contribution < -0.4 is 15.0 Å². The summed E-state index contributed by atoms with van der Waals surface area (Å²) in [6.45, 7) is -1.42. The number of nitrogens with zero attached hydrogens (tertiary/aromatic N) is 1. The van der Waals surface area contributed by atoms with Gasteiger partial charge in [-0.25, -0.2) is 8.42 Å². The molecule has 31 heavy (non-hydrogen) atoms. The van der Waals surface area contributed by atoms with E-state index in [2.05, 4.69) is 4.74 Å². The van der Waals surface area contributed by atoms with Gasteiger partial charge in [0.05, 0.1) is 4.90 Å². The molecule has 0 amide bonds. The van der Waals surface area contributed by atoms with Crippen LogP contribution in [0, 0.1) is 6.92 Å². The summed E-state index contributed by atoms with van der Waals surface area (Å²) in [5.41, 5.74) is 1.90. The summed E-state index contributed by atoms with van der Waals surface area (Å²) in [7, 11) is -1.96. The molecule has 0 spiro atoms. The molecule has 0 saturated carbocycles. The van der Waals surface area contributed by atoms with Gasteiger partial charge in [-0.05, 0) is 48.4 Å². The summed E-state index contributed by atoms with van der Waals surface area (Å²) < 4.78 is 61.3. The Morgan fingerprint density at radius 2 is 1.77 bits per heavy atom. The highest BCUT2D eigenvalue weighted by atomic mass is 32.2. The Kier molecular flexibility index (Phi) is 6.45. The van der Waals surface area contributed by atoms with Crippen LogP contribution in [0.4, 0.5) is 8.78 Å². The summed E-state index contributed by atoms with van der Waals surface area (Å²) in [4.78, 5) is 12.0. The number of aromatic nitrogens is 1. The van der Waals surface area contributed by atoms with Crippen molar-refractivity contribution in [1.82, 2.24) is 4.57 Å². The second-order valence-corrected chi connectivity index (χ2v) is 9.08. The third kappa shape index (κ3) is 5.49. The quantitative estimate of drug-likeness (QED) is 0.546. The number of sulfone groups is 1. The third-order valence-corrected chi connectivity index (χ3v) is 5.68. The van der Waals surface area contributed by atoms with E-state index < -0.39 is 16.4 Å². The standard InChI is InChI=1S/C22H21F2NO5S/c1-14-8-17(12-25(2)21(14)26)16-9-18(11-19(10-16)31(3,27)28)29-13-15-6-4-5-7-20(15)30-22(23)24/h4-12,22H,13H2,1-3H3. The Bertz CT molecular complexity index is 1240. The van der Waals surface area contributed by atoms with Crippen molar-refractivity contribution in [2.24, 2.45) is 7.05 Å². The van der Waals surface area contributed by atoms with Crippen LogP contribution in [0.3, 0.4) is 0 Å². The average molecular weight is 449 g/mol. The monoisotopic (exact) mass is 449 g/mol. The zero-order chi connectivity index (χ0) is 22.8. The molecule has 0 radical (unpaired) electrons. The topological polar surface area (TPSA) is 74.6 Å².